The summed E-state index contributed by atoms with van der Waals surface area (Å²) in [5.74, 6) is 0. The summed E-state index contributed by atoms with van der Waals surface area (Å²) in [5.41, 5.74) is 0.679. The Kier molecular flexibility index (Phi) is 2.06. The molecular weight excluding hydrogens is 146 g/mol. The Labute approximate surface area is 63.8 Å². The Morgan fingerprint density at radius 2 is 2.30 bits per heavy atom. The normalized spacial score (nSPS) is 12.0. The van der Waals surface area contributed by atoms with Gasteiger partial charge in [0.2, 0.25) is 0 Å². The SMILES string of the molecule is C/C(=N\O)c1ccc(C)s1. The largest absolute Gasteiger partial charge is 0.411 e. The molecule has 0 aliphatic rings. The fourth-order valence-electron chi connectivity index (χ4n) is 0.678. The summed E-state index contributed by atoms with van der Waals surface area (Å²) in [4.78, 5) is 2.26. The quantitative estimate of drug-likeness (QED) is 0.376. The van der Waals surface area contributed by atoms with Gasteiger partial charge in [0, 0.05) is 4.88 Å². The van der Waals surface area contributed by atoms with Crippen molar-refractivity contribution in [3.8, 4) is 0 Å². The Bertz CT molecular complexity index is 252. The van der Waals surface area contributed by atoms with E-state index >= 15 is 0 Å². The molecular formula is C7H9NOS. The van der Waals surface area contributed by atoms with Crippen molar-refractivity contribution in [3.05, 3.63) is 21.9 Å². The number of thiophene rings is 1. The predicted molar refractivity (Wildman–Crippen MR) is 43.1 cm³/mol. The van der Waals surface area contributed by atoms with Gasteiger partial charge < -0.3 is 5.21 Å². The van der Waals surface area contributed by atoms with Crippen LogP contribution in [-0.2, 0) is 0 Å². The van der Waals surface area contributed by atoms with E-state index in [0.29, 0.717) is 5.71 Å². The van der Waals surface area contributed by atoms with Gasteiger partial charge >= 0.3 is 0 Å². The summed E-state index contributed by atoms with van der Waals surface area (Å²) in [5, 5.41) is 11.5. The fourth-order valence-corrected chi connectivity index (χ4v) is 1.49. The summed E-state index contributed by atoms with van der Waals surface area (Å²) in [6.07, 6.45) is 0. The third-order valence-corrected chi connectivity index (χ3v) is 2.36. The van der Waals surface area contributed by atoms with Crippen molar-refractivity contribution in [2.75, 3.05) is 0 Å². The fraction of sp³-hybridized carbons (Fsp3) is 0.286. The molecule has 0 aliphatic carbocycles. The molecule has 1 N–H and O–H groups in total. The molecule has 1 rings (SSSR count). The molecule has 0 saturated carbocycles. The second kappa shape index (κ2) is 2.84. The van der Waals surface area contributed by atoms with E-state index in [-0.39, 0.29) is 0 Å². The van der Waals surface area contributed by atoms with Crippen LogP contribution in [0.5, 0.6) is 0 Å². The number of rotatable bonds is 1. The van der Waals surface area contributed by atoms with E-state index in [0.717, 1.165) is 4.88 Å². The summed E-state index contributed by atoms with van der Waals surface area (Å²) in [6, 6.07) is 3.96. The van der Waals surface area contributed by atoms with Crippen molar-refractivity contribution in [2.24, 2.45) is 5.16 Å². The molecule has 54 valence electrons. The van der Waals surface area contributed by atoms with Gasteiger partial charge in [0.25, 0.3) is 0 Å². The van der Waals surface area contributed by atoms with Gasteiger partial charge in [-0.2, -0.15) is 0 Å². The van der Waals surface area contributed by atoms with Gasteiger partial charge in [-0.05, 0) is 26.0 Å². The van der Waals surface area contributed by atoms with Crippen molar-refractivity contribution in [1.29, 1.82) is 0 Å². The van der Waals surface area contributed by atoms with Gasteiger partial charge in [-0.15, -0.1) is 11.3 Å². The first-order chi connectivity index (χ1) is 4.74. The minimum atomic E-state index is 0.679. The highest BCUT2D eigenvalue weighted by Crippen LogP contribution is 2.15. The summed E-state index contributed by atoms with van der Waals surface area (Å²) < 4.78 is 0. The van der Waals surface area contributed by atoms with E-state index in [1.54, 1.807) is 18.3 Å². The number of oxime groups is 1. The molecule has 10 heavy (non-hydrogen) atoms. The average molecular weight is 155 g/mol. The van der Waals surface area contributed by atoms with Crippen LogP contribution >= 0.6 is 11.3 Å². The van der Waals surface area contributed by atoms with Gasteiger partial charge in [0.05, 0.1) is 10.6 Å². The molecule has 0 unspecified atom stereocenters. The van der Waals surface area contributed by atoms with Crippen LogP contribution in [-0.4, -0.2) is 10.9 Å². The number of hydrogen-bond acceptors (Lipinski definition) is 3. The molecule has 1 aromatic rings. The second-order valence-corrected chi connectivity index (χ2v) is 3.38. The molecule has 1 aromatic heterocycles. The van der Waals surface area contributed by atoms with Crippen LogP contribution in [0.25, 0.3) is 0 Å². The van der Waals surface area contributed by atoms with E-state index in [2.05, 4.69) is 5.16 Å². The van der Waals surface area contributed by atoms with Gasteiger partial charge in [0.15, 0.2) is 0 Å². The molecule has 2 nitrogen and oxygen atoms in total. The maximum absolute atomic E-state index is 8.39. The van der Waals surface area contributed by atoms with Crippen LogP contribution in [0, 0.1) is 6.92 Å². The average Bonchev–Trinajstić information content (AvgIpc) is 2.34. The minimum Gasteiger partial charge on any atom is -0.411 e. The van der Waals surface area contributed by atoms with E-state index in [9.17, 15) is 0 Å². The van der Waals surface area contributed by atoms with Gasteiger partial charge in [0.1, 0.15) is 0 Å². The standard InChI is InChI=1S/C7H9NOS/c1-5-3-4-7(10-5)6(2)8-9/h3-4,9H,1-2H3/b8-6+. The van der Waals surface area contributed by atoms with Crippen molar-refractivity contribution in [1.82, 2.24) is 0 Å². The van der Waals surface area contributed by atoms with E-state index in [4.69, 9.17) is 5.21 Å². The number of aryl methyl sites for hydroxylation is 1. The van der Waals surface area contributed by atoms with E-state index in [1.807, 2.05) is 19.1 Å². The van der Waals surface area contributed by atoms with E-state index < -0.39 is 0 Å². The monoisotopic (exact) mass is 155 g/mol. The maximum Gasteiger partial charge on any atom is 0.0936 e. The molecule has 0 atom stereocenters. The highest BCUT2D eigenvalue weighted by atomic mass is 32.1. The molecule has 0 aliphatic heterocycles. The van der Waals surface area contributed by atoms with Crippen molar-refractivity contribution >= 4 is 17.0 Å². The molecule has 0 aromatic carbocycles. The van der Waals surface area contributed by atoms with Crippen LogP contribution in [0.1, 0.15) is 16.7 Å². The second-order valence-electron chi connectivity index (χ2n) is 2.10. The molecule has 1 heterocycles. The first-order valence-electron chi connectivity index (χ1n) is 2.99. The summed E-state index contributed by atoms with van der Waals surface area (Å²) in [7, 11) is 0. The molecule has 3 heteroatoms. The lowest BCUT2D eigenvalue weighted by molar-refractivity contribution is 0.319. The van der Waals surface area contributed by atoms with Crippen molar-refractivity contribution in [3.63, 3.8) is 0 Å². The maximum atomic E-state index is 8.39. The lowest BCUT2D eigenvalue weighted by atomic mass is 10.3. The Morgan fingerprint density at radius 1 is 1.60 bits per heavy atom. The van der Waals surface area contributed by atoms with Crippen LogP contribution in [0.2, 0.25) is 0 Å². The predicted octanol–water partition coefficient (Wildman–Crippen LogP) is 2.25. The highest BCUT2D eigenvalue weighted by Gasteiger charge is 1.98. The van der Waals surface area contributed by atoms with Crippen LogP contribution < -0.4 is 0 Å². The van der Waals surface area contributed by atoms with Crippen LogP contribution in [0.4, 0.5) is 0 Å². The minimum absolute atomic E-state index is 0.679. The van der Waals surface area contributed by atoms with Crippen molar-refractivity contribution in [2.45, 2.75) is 13.8 Å². The molecule has 0 radical (unpaired) electrons. The lowest BCUT2D eigenvalue weighted by Crippen LogP contribution is -1.87. The Morgan fingerprint density at radius 3 is 2.70 bits per heavy atom. The molecule has 0 amide bonds. The van der Waals surface area contributed by atoms with Gasteiger partial charge in [-0.25, -0.2) is 0 Å². The number of hydrogen-bond donors (Lipinski definition) is 1. The smallest absolute Gasteiger partial charge is 0.0936 e. The highest BCUT2D eigenvalue weighted by molar-refractivity contribution is 7.14. The van der Waals surface area contributed by atoms with Gasteiger partial charge in [-0.3, -0.25) is 0 Å². The lowest BCUT2D eigenvalue weighted by Gasteiger charge is -1.87. The molecule has 0 saturated heterocycles. The molecule has 0 bridgehead atoms. The van der Waals surface area contributed by atoms with Crippen molar-refractivity contribution < 1.29 is 5.21 Å². The number of nitrogens with zero attached hydrogens (tertiary/aromatic N) is 1. The molecule has 0 spiro atoms. The third-order valence-electron chi connectivity index (χ3n) is 1.25. The zero-order valence-corrected chi connectivity index (χ0v) is 6.77. The molecule has 0 fully saturated rings. The summed E-state index contributed by atoms with van der Waals surface area (Å²) >= 11 is 1.63. The zero-order valence-electron chi connectivity index (χ0n) is 5.96. The van der Waals surface area contributed by atoms with E-state index in [1.165, 1.54) is 4.88 Å². The zero-order chi connectivity index (χ0) is 7.56. The topological polar surface area (TPSA) is 32.6 Å². The first kappa shape index (κ1) is 7.28. The van der Waals surface area contributed by atoms with Crippen LogP contribution in [0.15, 0.2) is 17.3 Å². The third kappa shape index (κ3) is 1.36. The Balaban J connectivity index is 2.95. The Hall–Kier alpha value is -0.830. The van der Waals surface area contributed by atoms with Crippen LogP contribution in [0.3, 0.4) is 0 Å². The summed E-state index contributed by atoms with van der Waals surface area (Å²) in [6.45, 7) is 3.81. The van der Waals surface area contributed by atoms with Gasteiger partial charge in [-0.1, -0.05) is 5.16 Å². The first-order valence-corrected chi connectivity index (χ1v) is 3.81.